The van der Waals surface area contributed by atoms with E-state index in [1.54, 1.807) is 0 Å². The molecule has 0 saturated carbocycles. The molecule has 3 atom stereocenters. The van der Waals surface area contributed by atoms with Crippen molar-refractivity contribution < 1.29 is 14.9 Å². The van der Waals surface area contributed by atoms with E-state index in [1.165, 1.54) is 6.20 Å². The van der Waals surface area contributed by atoms with E-state index in [2.05, 4.69) is 4.98 Å². The Morgan fingerprint density at radius 2 is 2.41 bits per heavy atom. The van der Waals surface area contributed by atoms with Crippen LogP contribution in [0.1, 0.15) is 12.6 Å². The van der Waals surface area contributed by atoms with E-state index < -0.39 is 24.1 Å². The normalized spacial score (nSPS) is 28.5. The first-order valence-corrected chi connectivity index (χ1v) is 5.39. The molecule has 17 heavy (non-hydrogen) atoms. The van der Waals surface area contributed by atoms with Crippen LogP contribution in [-0.4, -0.2) is 38.6 Å². The van der Waals surface area contributed by atoms with E-state index in [1.807, 2.05) is 0 Å². The largest absolute Gasteiger partial charge is 0.394 e. The highest BCUT2D eigenvalue weighted by Crippen LogP contribution is 2.28. The average molecular weight is 262 g/mol. The summed E-state index contributed by atoms with van der Waals surface area (Å²) in [6.07, 6.45) is -0.729. The van der Waals surface area contributed by atoms with Crippen molar-refractivity contribution in [2.24, 2.45) is 0 Å². The number of nitrogens with two attached hydrogens (primary N) is 1. The van der Waals surface area contributed by atoms with Gasteiger partial charge in [0, 0.05) is 12.6 Å². The zero-order valence-electron chi connectivity index (χ0n) is 8.78. The number of halogens is 1. The third kappa shape index (κ3) is 2.27. The minimum absolute atomic E-state index is 0.0508. The molecule has 1 aliphatic heterocycles. The van der Waals surface area contributed by atoms with E-state index >= 15 is 0 Å². The maximum atomic E-state index is 11.6. The van der Waals surface area contributed by atoms with E-state index in [0.717, 1.165) is 4.57 Å². The molecular weight excluding hydrogens is 250 g/mol. The van der Waals surface area contributed by atoms with Gasteiger partial charge in [0.15, 0.2) is 0 Å². The zero-order chi connectivity index (χ0) is 12.6. The molecule has 0 radical (unpaired) electrons. The standard InChI is InChI=1S/C9H12ClN3O4/c10-4-2-13(9(16)12-8(4)11)7-1-5(15)6(3-14)17-7/h2,5-7,14-15H,1,3H2,(H2,11,12,16)/t5-,6+,7+/m1/s1. The van der Waals surface area contributed by atoms with Gasteiger partial charge < -0.3 is 20.7 Å². The van der Waals surface area contributed by atoms with Crippen LogP contribution in [0, 0.1) is 0 Å². The molecule has 4 N–H and O–H groups in total. The fraction of sp³-hybridized carbons (Fsp3) is 0.556. The average Bonchev–Trinajstić information content (AvgIpc) is 2.65. The summed E-state index contributed by atoms with van der Waals surface area (Å²) in [5.74, 6) is -0.0508. The highest BCUT2D eigenvalue weighted by molar-refractivity contribution is 6.32. The molecule has 1 saturated heterocycles. The van der Waals surface area contributed by atoms with Crippen molar-refractivity contribution in [2.45, 2.75) is 24.9 Å². The number of hydrogen-bond donors (Lipinski definition) is 3. The Morgan fingerprint density at radius 3 is 3.00 bits per heavy atom. The molecule has 0 amide bonds. The van der Waals surface area contributed by atoms with Gasteiger partial charge in [0.2, 0.25) is 0 Å². The van der Waals surface area contributed by atoms with Gasteiger partial charge in [-0.2, -0.15) is 4.98 Å². The van der Waals surface area contributed by atoms with Crippen LogP contribution in [0.2, 0.25) is 5.02 Å². The molecule has 0 unspecified atom stereocenters. The van der Waals surface area contributed by atoms with Gasteiger partial charge in [-0.3, -0.25) is 4.57 Å². The molecule has 1 aromatic rings. The van der Waals surface area contributed by atoms with Gasteiger partial charge in [0.25, 0.3) is 0 Å². The SMILES string of the molecule is Nc1nc(=O)n([C@@H]2C[C@@H](O)[C@H](CO)O2)cc1Cl. The van der Waals surface area contributed by atoms with Gasteiger partial charge in [-0.15, -0.1) is 0 Å². The van der Waals surface area contributed by atoms with E-state index in [9.17, 15) is 9.90 Å². The van der Waals surface area contributed by atoms with Crippen molar-refractivity contribution in [1.29, 1.82) is 0 Å². The number of ether oxygens (including phenoxy) is 1. The maximum Gasteiger partial charge on any atom is 0.351 e. The van der Waals surface area contributed by atoms with Crippen LogP contribution in [-0.2, 0) is 4.74 Å². The summed E-state index contributed by atoms with van der Waals surface area (Å²) in [6, 6.07) is 0. The molecule has 1 fully saturated rings. The number of aromatic nitrogens is 2. The lowest BCUT2D eigenvalue weighted by Gasteiger charge is -2.14. The smallest absolute Gasteiger partial charge is 0.351 e. The van der Waals surface area contributed by atoms with Gasteiger partial charge in [-0.25, -0.2) is 4.79 Å². The van der Waals surface area contributed by atoms with Gasteiger partial charge >= 0.3 is 5.69 Å². The molecule has 7 nitrogen and oxygen atoms in total. The summed E-state index contributed by atoms with van der Waals surface area (Å²) in [4.78, 5) is 15.1. The van der Waals surface area contributed by atoms with Crippen LogP contribution in [0.25, 0.3) is 0 Å². The molecule has 8 heteroatoms. The van der Waals surface area contributed by atoms with E-state index in [0.29, 0.717) is 0 Å². The summed E-state index contributed by atoms with van der Waals surface area (Å²) in [5.41, 5.74) is 4.77. The predicted octanol–water partition coefficient (Wildman–Crippen LogP) is -0.880. The van der Waals surface area contributed by atoms with Gasteiger partial charge in [0.05, 0.1) is 17.7 Å². The number of hydrogen-bond acceptors (Lipinski definition) is 6. The van der Waals surface area contributed by atoms with Crippen LogP contribution in [0.5, 0.6) is 0 Å². The topological polar surface area (TPSA) is 111 Å². The fourth-order valence-corrected chi connectivity index (χ4v) is 1.86. The molecule has 0 bridgehead atoms. The fourth-order valence-electron chi connectivity index (χ4n) is 1.71. The minimum atomic E-state index is -0.826. The van der Waals surface area contributed by atoms with Gasteiger partial charge in [-0.1, -0.05) is 11.6 Å². The lowest BCUT2D eigenvalue weighted by Crippen LogP contribution is -2.28. The van der Waals surface area contributed by atoms with Gasteiger partial charge in [-0.05, 0) is 0 Å². The minimum Gasteiger partial charge on any atom is -0.394 e. The molecular formula is C9H12ClN3O4. The third-order valence-corrected chi connectivity index (χ3v) is 2.92. The number of nitrogen functional groups attached to an aromatic ring is 1. The number of aliphatic hydroxyl groups is 2. The summed E-state index contributed by atoms with van der Waals surface area (Å²) in [5, 5.41) is 18.6. The Bertz CT molecular complexity index is 478. The van der Waals surface area contributed by atoms with E-state index in [-0.39, 0.29) is 23.9 Å². The molecule has 2 rings (SSSR count). The second-order valence-electron chi connectivity index (χ2n) is 3.78. The zero-order valence-corrected chi connectivity index (χ0v) is 9.54. The molecule has 0 spiro atoms. The Morgan fingerprint density at radius 1 is 1.71 bits per heavy atom. The second-order valence-corrected chi connectivity index (χ2v) is 4.19. The summed E-state index contributed by atoms with van der Waals surface area (Å²) in [7, 11) is 0. The lowest BCUT2D eigenvalue weighted by molar-refractivity contribution is -0.0458. The Kier molecular flexibility index (Phi) is 3.34. The van der Waals surface area contributed by atoms with Crippen molar-refractivity contribution in [3.8, 4) is 0 Å². The summed E-state index contributed by atoms with van der Waals surface area (Å²) < 4.78 is 6.46. The quantitative estimate of drug-likeness (QED) is 0.638. The monoisotopic (exact) mass is 261 g/mol. The second kappa shape index (κ2) is 4.61. The molecule has 0 aromatic carbocycles. The van der Waals surface area contributed by atoms with Crippen molar-refractivity contribution in [1.82, 2.24) is 9.55 Å². The van der Waals surface area contributed by atoms with Crippen molar-refractivity contribution in [2.75, 3.05) is 12.3 Å². The lowest BCUT2D eigenvalue weighted by atomic mass is 10.2. The predicted molar refractivity (Wildman–Crippen MR) is 59.5 cm³/mol. The van der Waals surface area contributed by atoms with Crippen LogP contribution in [0.15, 0.2) is 11.0 Å². The summed E-state index contributed by atoms with van der Waals surface area (Å²) in [6.45, 7) is -0.317. The Labute approximate surface area is 101 Å². The molecule has 1 aliphatic rings. The first-order chi connectivity index (χ1) is 8.02. The van der Waals surface area contributed by atoms with Gasteiger partial charge in [0.1, 0.15) is 18.1 Å². The van der Waals surface area contributed by atoms with E-state index in [4.69, 9.17) is 27.2 Å². The number of anilines is 1. The molecule has 1 aromatic heterocycles. The first-order valence-electron chi connectivity index (χ1n) is 5.01. The van der Waals surface area contributed by atoms with Crippen LogP contribution < -0.4 is 11.4 Å². The third-order valence-electron chi connectivity index (χ3n) is 2.63. The maximum absolute atomic E-state index is 11.6. The van der Waals surface area contributed by atoms with Crippen LogP contribution in [0.3, 0.4) is 0 Å². The molecule has 94 valence electrons. The first kappa shape index (κ1) is 12.3. The van der Waals surface area contributed by atoms with Crippen molar-refractivity contribution in [3.05, 3.63) is 21.7 Å². The molecule has 0 aliphatic carbocycles. The Hall–Kier alpha value is -1.15. The van der Waals surface area contributed by atoms with Crippen LogP contribution >= 0.6 is 11.6 Å². The van der Waals surface area contributed by atoms with Crippen molar-refractivity contribution >= 4 is 17.4 Å². The Balaban J connectivity index is 2.30. The number of rotatable bonds is 2. The molecule has 2 heterocycles. The highest BCUT2D eigenvalue weighted by atomic mass is 35.5. The van der Waals surface area contributed by atoms with Crippen LogP contribution in [0.4, 0.5) is 5.82 Å². The number of nitrogens with zero attached hydrogens (tertiary/aromatic N) is 2. The number of aliphatic hydroxyl groups excluding tert-OH is 2. The van der Waals surface area contributed by atoms with Crippen molar-refractivity contribution in [3.63, 3.8) is 0 Å². The highest BCUT2D eigenvalue weighted by Gasteiger charge is 2.35. The summed E-state index contributed by atoms with van der Waals surface area (Å²) >= 11 is 5.76.